The molecule has 0 aromatic carbocycles. The molecular formula is C5H6N2. The summed E-state index contributed by atoms with van der Waals surface area (Å²) in [7, 11) is 1.86. The van der Waals surface area contributed by atoms with Gasteiger partial charge in [-0.15, -0.1) is 0 Å². The van der Waals surface area contributed by atoms with Crippen LogP contribution in [0.4, 0.5) is 0 Å². The van der Waals surface area contributed by atoms with E-state index < -0.39 is 0 Å². The predicted octanol–water partition coefficient (Wildman–Crippen LogP) is 0.329. The van der Waals surface area contributed by atoms with E-state index in [4.69, 9.17) is 0 Å². The Hall–Kier alpha value is -0.790. The first kappa shape index (κ1) is 4.37. The minimum atomic E-state index is 1.01. The summed E-state index contributed by atoms with van der Waals surface area (Å²) in [6, 6.07) is 2.80. The second-order valence-corrected chi connectivity index (χ2v) is 1.45. The first-order valence-electron chi connectivity index (χ1n) is 2.09. The van der Waals surface area contributed by atoms with Gasteiger partial charge in [0.05, 0.1) is 0 Å². The molecule has 2 heteroatoms. The van der Waals surface area contributed by atoms with E-state index in [2.05, 4.69) is 17.4 Å². The van der Waals surface area contributed by atoms with Crippen LogP contribution < -0.4 is 0 Å². The molecule has 0 saturated carbocycles. The lowest BCUT2D eigenvalue weighted by atomic mass is 10.5. The van der Waals surface area contributed by atoms with Crippen LogP contribution in [0.15, 0.2) is 0 Å². The highest BCUT2D eigenvalue weighted by molar-refractivity contribution is 4.90. The first-order valence-corrected chi connectivity index (χ1v) is 2.09. The molecule has 1 aromatic heterocycles. The molecular weight excluding hydrogens is 88.1 g/mol. The lowest BCUT2D eigenvalue weighted by Gasteiger charge is -1.86. The summed E-state index contributed by atoms with van der Waals surface area (Å²) in [6.07, 6.45) is 2.59. The largest absolute Gasteiger partial charge is 0.272 e. The molecule has 0 N–H and O–H groups in total. The zero-order valence-electron chi connectivity index (χ0n) is 4.39. The number of hydrogen-bond donors (Lipinski definition) is 0. The Morgan fingerprint density at radius 1 is 1.71 bits per heavy atom. The highest BCUT2D eigenvalue weighted by Gasteiger charge is 1.85. The summed E-state index contributed by atoms with van der Waals surface area (Å²) in [5, 5.41) is 3.75. The Morgan fingerprint density at radius 2 is 2.43 bits per heavy atom. The Bertz CT molecular complexity index is 138. The summed E-state index contributed by atoms with van der Waals surface area (Å²) in [6.45, 7) is 1.93. The van der Waals surface area contributed by atoms with Crippen molar-refractivity contribution in [1.82, 2.24) is 9.78 Å². The molecule has 2 radical (unpaired) electrons. The van der Waals surface area contributed by atoms with Gasteiger partial charge in [-0.3, -0.25) is 4.68 Å². The molecule has 0 aliphatic heterocycles. The predicted molar refractivity (Wildman–Crippen MR) is 25.6 cm³/mol. The van der Waals surface area contributed by atoms with Gasteiger partial charge >= 0.3 is 0 Å². The summed E-state index contributed by atoms with van der Waals surface area (Å²) < 4.78 is 1.72. The van der Waals surface area contributed by atoms with Gasteiger partial charge in [0.1, 0.15) is 6.20 Å². The van der Waals surface area contributed by atoms with Crippen LogP contribution in [-0.4, -0.2) is 9.78 Å². The van der Waals surface area contributed by atoms with Crippen molar-refractivity contribution < 1.29 is 0 Å². The van der Waals surface area contributed by atoms with E-state index in [1.165, 1.54) is 0 Å². The van der Waals surface area contributed by atoms with Gasteiger partial charge in [-0.25, -0.2) is 0 Å². The van der Waals surface area contributed by atoms with E-state index in [9.17, 15) is 0 Å². The third kappa shape index (κ3) is 0.633. The van der Waals surface area contributed by atoms with Gasteiger partial charge < -0.3 is 0 Å². The second-order valence-electron chi connectivity index (χ2n) is 1.45. The van der Waals surface area contributed by atoms with Gasteiger partial charge in [-0.1, -0.05) is 0 Å². The third-order valence-electron chi connectivity index (χ3n) is 0.922. The molecule has 0 amide bonds. The minimum Gasteiger partial charge on any atom is -0.272 e. The maximum atomic E-state index is 3.75. The van der Waals surface area contributed by atoms with Crippen LogP contribution in [0.1, 0.15) is 5.69 Å². The van der Waals surface area contributed by atoms with Crippen molar-refractivity contribution in [3.63, 3.8) is 0 Å². The smallest absolute Gasteiger partial charge is 0.121 e. The number of rotatable bonds is 0. The zero-order chi connectivity index (χ0) is 5.28. The van der Waals surface area contributed by atoms with Crippen molar-refractivity contribution in [2.24, 2.45) is 7.05 Å². The molecule has 0 unspecified atom stereocenters. The number of aryl methyl sites for hydroxylation is 2. The molecule has 7 heavy (non-hydrogen) atoms. The highest BCUT2D eigenvalue weighted by atomic mass is 15.2. The molecule has 1 heterocycles. The summed E-state index contributed by atoms with van der Waals surface area (Å²) in [5.41, 5.74) is 1.01. The van der Waals surface area contributed by atoms with Crippen LogP contribution in [0, 0.1) is 19.2 Å². The average molecular weight is 94.1 g/mol. The molecule has 0 atom stereocenters. The third-order valence-corrected chi connectivity index (χ3v) is 0.922. The van der Waals surface area contributed by atoms with Gasteiger partial charge in [-0.05, 0) is 6.92 Å². The van der Waals surface area contributed by atoms with Gasteiger partial charge in [0.2, 0.25) is 0 Å². The number of nitrogens with zero attached hydrogens (tertiary/aromatic N) is 2. The standard InChI is InChI=1S/C5H6N2/c1-5-3-4-6-7(5)2/h1-2H3. The Labute approximate surface area is 42.8 Å². The monoisotopic (exact) mass is 94.1 g/mol. The van der Waals surface area contributed by atoms with Gasteiger partial charge in [0, 0.05) is 18.8 Å². The lowest BCUT2D eigenvalue weighted by molar-refractivity contribution is 0.738. The van der Waals surface area contributed by atoms with E-state index in [0.717, 1.165) is 5.69 Å². The maximum absolute atomic E-state index is 3.75. The maximum Gasteiger partial charge on any atom is 0.121 e. The Balaban J connectivity index is 3.12. The van der Waals surface area contributed by atoms with Crippen molar-refractivity contribution in [3.8, 4) is 0 Å². The highest BCUT2D eigenvalue weighted by Crippen LogP contribution is 1.86. The normalized spacial score (nSPS) is 9.43. The molecule has 0 saturated heterocycles. The summed E-state index contributed by atoms with van der Waals surface area (Å²) >= 11 is 0. The van der Waals surface area contributed by atoms with Crippen LogP contribution in [-0.2, 0) is 7.05 Å². The number of aromatic nitrogens is 2. The van der Waals surface area contributed by atoms with Crippen LogP contribution >= 0.6 is 0 Å². The minimum absolute atomic E-state index is 1.01. The van der Waals surface area contributed by atoms with Crippen LogP contribution in [0.5, 0.6) is 0 Å². The molecule has 36 valence electrons. The van der Waals surface area contributed by atoms with E-state index >= 15 is 0 Å². The van der Waals surface area contributed by atoms with E-state index in [1.54, 1.807) is 4.68 Å². The molecule has 0 bridgehead atoms. The Morgan fingerprint density at radius 3 is 2.57 bits per heavy atom. The summed E-state index contributed by atoms with van der Waals surface area (Å²) in [4.78, 5) is 0. The quantitative estimate of drug-likeness (QED) is 0.453. The van der Waals surface area contributed by atoms with Crippen molar-refractivity contribution in [2.45, 2.75) is 6.92 Å². The topological polar surface area (TPSA) is 17.8 Å². The van der Waals surface area contributed by atoms with Crippen molar-refractivity contribution >= 4 is 0 Å². The van der Waals surface area contributed by atoms with Crippen LogP contribution in [0.3, 0.4) is 0 Å². The molecule has 1 aromatic rings. The molecule has 0 aliphatic rings. The zero-order valence-corrected chi connectivity index (χ0v) is 4.39. The Kier molecular flexibility index (Phi) is 0.855. The fourth-order valence-electron chi connectivity index (χ4n) is 0.337. The molecule has 1 rings (SSSR count). The fourth-order valence-corrected chi connectivity index (χ4v) is 0.337. The average Bonchev–Trinajstić information content (AvgIpc) is 1.91. The van der Waals surface area contributed by atoms with Crippen molar-refractivity contribution in [3.05, 3.63) is 18.0 Å². The van der Waals surface area contributed by atoms with Crippen LogP contribution in [0.25, 0.3) is 0 Å². The summed E-state index contributed by atoms with van der Waals surface area (Å²) in [5.74, 6) is 0. The van der Waals surface area contributed by atoms with E-state index in [0.29, 0.717) is 0 Å². The second kappa shape index (κ2) is 1.37. The first-order chi connectivity index (χ1) is 3.30. The van der Waals surface area contributed by atoms with Gasteiger partial charge in [0.25, 0.3) is 0 Å². The van der Waals surface area contributed by atoms with E-state index in [1.807, 2.05) is 14.0 Å². The fraction of sp³-hybridized carbons (Fsp3) is 0.400. The van der Waals surface area contributed by atoms with Crippen molar-refractivity contribution in [2.75, 3.05) is 0 Å². The van der Waals surface area contributed by atoms with Gasteiger partial charge in [-0.2, -0.15) is 5.10 Å². The van der Waals surface area contributed by atoms with E-state index in [-0.39, 0.29) is 0 Å². The van der Waals surface area contributed by atoms with Crippen molar-refractivity contribution in [1.29, 1.82) is 0 Å². The van der Waals surface area contributed by atoms with Crippen LogP contribution in [0.2, 0.25) is 0 Å². The molecule has 0 aliphatic carbocycles. The lowest BCUT2D eigenvalue weighted by Crippen LogP contribution is -1.90. The molecule has 0 fully saturated rings. The number of hydrogen-bond acceptors (Lipinski definition) is 1. The molecule has 2 nitrogen and oxygen atoms in total. The SMILES string of the molecule is Cc1[c][c]nn1C. The van der Waals surface area contributed by atoms with Gasteiger partial charge in [0.15, 0.2) is 0 Å². The molecule has 0 spiro atoms.